The second-order valence-electron chi connectivity index (χ2n) is 17.8. The first-order valence-electron chi connectivity index (χ1n) is 24.4. The topological polar surface area (TPSA) is 94.1 Å². The molecule has 0 aromatic heterocycles. The van der Waals surface area contributed by atoms with Crippen molar-refractivity contribution < 1.29 is 37.3 Å². The summed E-state index contributed by atoms with van der Waals surface area (Å²) in [6, 6.07) is 0. The van der Waals surface area contributed by atoms with Crippen molar-refractivity contribution in [3.63, 3.8) is 0 Å². The Labute approximate surface area is 354 Å². The van der Waals surface area contributed by atoms with Gasteiger partial charge in [0.2, 0.25) is 0 Å². The molecule has 0 N–H and O–H groups in total. The van der Waals surface area contributed by atoms with Crippen LogP contribution in [0.1, 0.15) is 232 Å². The van der Waals surface area contributed by atoms with Gasteiger partial charge < -0.3 is 27.9 Å². The van der Waals surface area contributed by atoms with Crippen LogP contribution in [0.25, 0.3) is 0 Å². The maximum atomic E-state index is 12.7. The minimum atomic E-state index is -4.52. The van der Waals surface area contributed by atoms with E-state index >= 15 is 0 Å². The highest BCUT2D eigenvalue weighted by Gasteiger charge is 2.20. The van der Waals surface area contributed by atoms with Crippen LogP contribution < -0.4 is 4.89 Å². The molecule has 2 unspecified atom stereocenters. The van der Waals surface area contributed by atoms with Crippen LogP contribution in [0, 0.1) is 0 Å². The minimum absolute atomic E-state index is 0.0283. The molecule has 0 saturated carbocycles. The second kappa shape index (κ2) is 42.0. The van der Waals surface area contributed by atoms with Gasteiger partial charge in [-0.1, -0.05) is 199 Å². The molecule has 0 aromatic rings. The number of ether oxygens (including phenoxy) is 2. The van der Waals surface area contributed by atoms with Crippen LogP contribution in [0.5, 0.6) is 0 Å². The SMILES string of the molecule is CCCCCC/C=C\CCCCCCCCOCC(COP(=O)([O-])OCC[N+](C)(C)C)OC(=O)CCCCCCCCCCCCCCCCCCCCCCC. The van der Waals surface area contributed by atoms with Crippen molar-refractivity contribution in [2.45, 2.75) is 238 Å². The van der Waals surface area contributed by atoms with Crippen molar-refractivity contribution in [3.8, 4) is 0 Å². The van der Waals surface area contributed by atoms with Crippen LogP contribution in [0.2, 0.25) is 0 Å². The average Bonchev–Trinajstić information content (AvgIpc) is 3.16. The van der Waals surface area contributed by atoms with E-state index in [-0.39, 0.29) is 25.8 Å². The molecule has 2 atom stereocenters. The quantitative estimate of drug-likeness (QED) is 0.0198. The maximum absolute atomic E-state index is 12.7. The van der Waals surface area contributed by atoms with Gasteiger partial charge in [0.25, 0.3) is 7.82 Å². The van der Waals surface area contributed by atoms with Crippen molar-refractivity contribution in [1.82, 2.24) is 0 Å². The number of phosphoric acid groups is 1. The second-order valence-corrected chi connectivity index (χ2v) is 19.2. The highest BCUT2D eigenvalue weighted by Crippen LogP contribution is 2.38. The fourth-order valence-electron chi connectivity index (χ4n) is 7.01. The predicted molar refractivity (Wildman–Crippen MR) is 241 cm³/mol. The monoisotopic (exact) mass is 830 g/mol. The summed E-state index contributed by atoms with van der Waals surface area (Å²) < 4.78 is 34.7. The lowest BCUT2D eigenvalue weighted by atomic mass is 10.0. The number of likely N-dealkylation sites (N-methyl/N-ethyl adjacent to an activating group) is 1. The maximum Gasteiger partial charge on any atom is 0.306 e. The zero-order valence-corrected chi connectivity index (χ0v) is 39.5. The van der Waals surface area contributed by atoms with E-state index in [0.717, 1.165) is 32.1 Å². The van der Waals surface area contributed by atoms with E-state index in [9.17, 15) is 14.3 Å². The number of hydrogen-bond acceptors (Lipinski definition) is 7. The van der Waals surface area contributed by atoms with Crippen molar-refractivity contribution >= 4 is 13.8 Å². The van der Waals surface area contributed by atoms with Crippen molar-refractivity contribution in [3.05, 3.63) is 12.2 Å². The third kappa shape index (κ3) is 46.2. The Hall–Kier alpha value is -0.760. The van der Waals surface area contributed by atoms with Crippen LogP contribution in [0.3, 0.4) is 0 Å². The Morgan fingerprint density at radius 3 is 1.35 bits per heavy atom. The first kappa shape index (κ1) is 56.2. The Morgan fingerprint density at radius 1 is 0.526 bits per heavy atom. The average molecular weight is 830 g/mol. The zero-order chi connectivity index (χ0) is 42.0. The normalized spacial score (nSPS) is 13.7. The third-order valence-electron chi connectivity index (χ3n) is 10.8. The first-order chi connectivity index (χ1) is 27.6. The molecule has 0 radical (unpaired) electrons. The molecule has 0 aliphatic rings. The number of quaternary nitrogens is 1. The molecule has 0 spiro atoms. The number of nitrogens with zero attached hydrogens (tertiary/aromatic N) is 1. The number of phosphoric ester groups is 1. The third-order valence-corrected chi connectivity index (χ3v) is 11.8. The molecule has 0 rings (SSSR count). The number of carbonyl (C=O) groups excluding carboxylic acids is 1. The van der Waals surface area contributed by atoms with Gasteiger partial charge >= 0.3 is 5.97 Å². The van der Waals surface area contributed by atoms with E-state index in [2.05, 4.69) is 26.0 Å². The van der Waals surface area contributed by atoms with E-state index < -0.39 is 13.9 Å². The molecule has 8 nitrogen and oxygen atoms in total. The lowest BCUT2D eigenvalue weighted by Gasteiger charge is -2.28. The molecule has 0 heterocycles. The van der Waals surface area contributed by atoms with Crippen LogP contribution in [-0.4, -0.2) is 70.7 Å². The largest absolute Gasteiger partial charge is 0.756 e. The molecule has 0 amide bonds. The van der Waals surface area contributed by atoms with Crippen LogP contribution in [0.4, 0.5) is 0 Å². The molecule has 0 aliphatic heterocycles. The molecule has 0 aromatic carbocycles. The Kier molecular flexibility index (Phi) is 41.4. The number of rotatable bonds is 46. The van der Waals surface area contributed by atoms with E-state index in [1.54, 1.807) is 0 Å². The predicted octanol–water partition coefficient (Wildman–Crippen LogP) is 14.0. The molecule has 57 heavy (non-hydrogen) atoms. The van der Waals surface area contributed by atoms with Crippen LogP contribution in [0.15, 0.2) is 12.2 Å². The molecular weight excluding hydrogens is 734 g/mol. The minimum Gasteiger partial charge on any atom is -0.756 e. The molecule has 0 saturated heterocycles. The summed E-state index contributed by atoms with van der Waals surface area (Å²) in [4.78, 5) is 25.1. The van der Waals surface area contributed by atoms with Crippen molar-refractivity contribution in [1.29, 1.82) is 0 Å². The molecule has 0 fully saturated rings. The van der Waals surface area contributed by atoms with Gasteiger partial charge in [0, 0.05) is 13.0 Å². The summed E-state index contributed by atoms with van der Waals surface area (Å²) in [6.45, 7) is 5.43. The number of allylic oxidation sites excluding steroid dienone is 2. The zero-order valence-electron chi connectivity index (χ0n) is 38.6. The van der Waals surface area contributed by atoms with Gasteiger partial charge in [0.05, 0.1) is 34.4 Å². The van der Waals surface area contributed by atoms with E-state index in [1.807, 2.05) is 21.1 Å². The lowest BCUT2D eigenvalue weighted by molar-refractivity contribution is -0.870. The smallest absolute Gasteiger partial charge is 0.306 e. The van der Waals surface area contributed by atoms with Gasteiger partial charge in [0.1, 0.15) is 19.3 Å². The van der Waals surface area contributed by atoms with Gasteiger partial charge in [-0.2, -0.15) is 0 Å². The standard InChI is InChI=1S/C48H96NO7P/c1-6-8-10-12-14-16-18-20-22-23-24-25-26-27-28-29-31-33-35-37-39-41-48(50)56-47(46-55-57(51,52)54-44-42-49(3,4)5)45-53-43-40-38-36-34-32-30-21-19-17-15-13-11-9-7-2/h17,19,47H,6-16,18,20-46H2,1-5H3/b19-17-. The molecule has 0 aliphatic carbocycles. The summed E-state index contributed by atoms with van der Waals surface area (Å²) in [5.41, 5.74) is 0. The van der Waals surface area contributed by atoms with E-state index in [4.69, 9.17) is 18.5 Å². The fraction of sp³-hybridized carbons (Fsp3) is 0.938. The van der Waals surface area contributed by atoms with Crippen LogP contribution >= 0.6 is 7.82 Å². The van der Waals surface area contributed by atoms with Gasteiger partial charge in [-0.05, 0) is 38.5 Å². The van der Waals surface area contributed by atoms with Gasteiger partial charge in [-0.3, -0.25) is 9.36 Å². The Morgan fingerprint density at radius 2 is 0.912 bits per heavy atom. The number of hydrogen-bond donors (Lipinski definition) is 0. The number of esters is 1. The number of unbranched alkanes of at least 4 members (excludes halogenated alkanes) is 30. The summed E-state index contributed by atoms with van der Waals surface area (Å²) in [6.07, 6.45) is 46.6. The molecular formula is C48H96NO7P. The highest BCUT2D eigenvalue weighted by molar-refractivity contribution is 7.45. The highest BCUT2D eigenvalue weighted by atomic mass is 31.2. The fourth-order valence-corrected chi connectivity index (χ4v) is 7.74. The van der Waals surface area contributed by atoms with Crippen molar-refractivity contribution in [2.24, 2.45) is 0 Å². The number of carbonyl (C=O) groups is 1. The Bertz CT molecular complexity index is 925. The van der Waals surface area contributed by atoms with Crippen LogP contribution in [-0.2, 0) is 27.9 Å². The lowest BCUT2D eigenvalue weighted by Crippen LogP contribution is -2.37. The summed E-state index contributed by atoms with van der Waals surface area (Å²) in [7, 11) is 1.37. The molecule has 9 heteroatoms. The first-order valence-corrected chi connectivity index (χ1v) is 25.9. The Balaban J connectivity index is 4.11. The molecule has 0 bridgehead atoms. The summed E-state index contributed by atoms with van der Waals surface area (Å²) >= 11 is 0. The van der Waals surface area contributed by atoms with Crippen molar-refractivity contribution in [2.75, 3.05) is 54.1 Å². The van der Waals surface area contributed by atoms with Gasteiger partial charge in [-0.25, -0.2) is 0 Å². The van der Waals surface area contributed by atoms with E-state index in [0.29, 0.717) is 24.1 Å². The van der Waals surface area contributed by atoms with E-state index in [1.165, 1.54) is 180 Å². The molecule has 340 valence electrons. The van der Waals surface area contributed by atoms with Gasteiger partial charge in [-0.15, -0.1) is 0 Å². The summed E-state index contributed by atoms with van der Waals surface area (Å²) in [5, 5.41) is 0. The summed E-state index contributed by atoms with van der Waals surface area (Å²) in [5.74, 6) is -0.331. The van der Waals surface area contributed by atoms with Gasteiger partial charge in [0.15, 0.2) is 0 Å².